The van der Waals surface area contributed by atoms with Gasteiger partial charge in [-0.3, -0.25) is 4.79 Å². The summed E-state index contributed by atoms with van der Waals surface area (Å²) in [7, 11) is 4.10. The van der Waals surface area contributed by atoms with Crippen LogP contribution in [0.25, 0.3) is 0 Å². The number of rotatable bonds is 8. The predicted molar refractivity (Wildman–Crippen MR) is 104 cm³/mol. The number of nitrogens with two attached hydrogens (primary N) is 1. The van der Waals surface area contributed by atoms with Crippen LogP contribution in [0.15, 0.2) is 30.3 Å². The van der Waals surface area contributed by atoms with Crippen LogP contribution in [-0.2, 0) is 0 Å². The van der Waals surface area contributed by atoms with Crippen molar-refractivity contribution in [3.05, 3.63) is 41.6 Å². The number of aromatic nitrogens is 2. The monoisotopic (exact) mass is 354 g/mol. The Bertz CT molecular complexity index is 772. The lowest BCUT2D eigenvalue weighted by Gasteiger charge is -2.12. The summed E-state index contributed by atoms with van der Waals surface area (Å²) in [4.78, 5) is 23.6. The van der Waals surface area contributed by atoms with E-state index < -0.39 is 0 Å². The Balaban J connectivity index is 1.70. The molecule has 0 spiro atoms. The maximum absolute atomic E-state index is 12.5. The average molecular weight is 354 g/mol. The number of carbonyl (C=O) groups excluding carboxylic acids is 1. The summed E-state index contributed by atoms with van der Waals surface area (Å²) in [5.41, 5.74) is 7.81. The Kier molecular flexibility index (Phi) is 5.68. The Labute approximate surface area is 154 Å². The van der Waals surface area contributed by atoms with Gasteiger partial charge in [-0.05, 0) is 58.1 Å². The number of amides is 1. The molecule has 1 saturated carbocycles. The van der Waals surface area contributed by atoms with Gasteiger partial charge < -0.3 is 21.3 Å². The number of benzene rings is 1. The summed E-state index contributed by atoms with van der Waals surface area (Å²) >= 11 is 0. The maximum atomic E-state index is 12.5. The van der Waals surface area contributed by atoms with E-state index >= 15 is 0 Å². The minimum atomic E-state index is -0.226. The smallest absolute Gasteiger partial charge is 0.256 e. The van der Waals surface area contributed by atoms with E-state index in [0.717, 1.165) is 38.0 Å². The van der Waals surface area contributed by atoms with Gasteiger partial charge in [0.2, 0.25) is 5.95 Å². The molecule has 1 aromatic carbocycles. The van der Waals surface area contributed by atoms with Gasteiger partial charge in [0, 0.05) is 29.8 Å². The van der Waals surface area contributed by atoms with Gasteiger partial charge in [0.05, 0.1) is 5.69 Å². The molecule has 0 unspecified atom stereocenters. The third-order valence-corrected chi connectivity index (χ3v) is 4.20. The van der Waals surface area contributed by atoms with Crippen molar-refractivity contribution in [2.24, 2.45) is 0 Å². The first-order chi connectivity index (χ1) is 12.5. The van der Waals surface area contributed by atoms with Gasteiger partial charge in [-0.1, -0.05) is 6.07 Å². The summed E-state index contributed by atoms with van der Waals surface area (Å²) in [6.07, 6.45) is 3.27. The quantitative estimate of drug-likeness (QED) is 0.498. The van der Waals surface area contributed by atoms with Crippen molar-refractivity contribution in [2.75, 3.05) is 43.6 Å². The molecule has 0 bridgehead atoms. The molecule has 3 rings (SSSR count). The number of nitrogens with one attached hydrogen (secondary N) is 2. The summed E-state index contributed by atoms with van der Waals surface area (Å²) in [5, 5.41) is 6.13. The topological polar surface area (TPSA) is 96.2 Å². The van der Waals surface area contributed by atoms with Gasteiger partial charge in [-0.25, -0.2) is 4.98 Å². The lowest BCUT2D eigenvalue weighted by atomic mass is 10.2. The maximum Gasteiger partial charge on any atom is 0.256 e. The molecule has 7 nitrogen and oxygen atoms in total. The first kappa shape index (κ1) is 18.1. The van der Waals surface area contributed by atoms with Crippen molar-refractivity contribution >= 4 is 23.4 Å². The van der Waals surface area contributed by atoms with Crippen LogP contribution in [0, 0.1) is 0 Å². The lowest BCUT2D eigenvalue weighted by molar-refractivity contribution is 0.102. The third kappa shape index (κ3) is 5.16. The zero-order valence-corrected chi connectivity index (χ0v) is 15.3. The molecule has 0 aliphatic heterocycles. The zero-order chi connectivity index (χ0) is 18.5. The Morgan fingerprint density at radius 2 is 2.08 bits per heavy atom. The first-order valence-corrected chi connectivity index (χ1v) is 8.96. The molecule has 0 saturated heterocycles. The van der Waals surface area contributed by atoms with E-state index in [9.17, 15) is 4.79 Å². The highest BCUT2D eigenvalue weighted by Gasteiger charge is 2.26. The van der Waals surface area contributed by atoms with Crippen LogP contribution < -0.4 is 16.4 Å². The standard InChI is InChI=1S/C19H26N6O/c1-25(2)10-4-9-21-19-22-16(13-7-8-13)12-17(24-19)23-18(26)14-5-3-6-15(20)11-14/h3,5-6,11-13H,4,7-10,20H2,1-2H3,(H2,21,22,23,24,26). The fourth-order valence-electron chi connectivity index (χ4n) is 2.66. The summed E-state index contributed by atoms with van der Waals surface area (Å²) in [6, 6.07) is 8.76. The van der Waals surface area contributed by atoms with Crippen molar-refractivity contribution in [3.63, 3.8) is 0 Å². The molecule has 2 aromatic rings. The lowest BCUT2D eigenvalue weighted by Crippen LogP contribution is -2.18. The zero-order valence-electron chi connectivity index (χ0n) is 15.3. The highest BCUT2D eigenvalue weighted by Crippen LogP contribution is 2.39. The molecular formula is C19H26N6O. The molecule has 0 atom stereocenters. The molecule has 1 fully saturated rings. The van der Waals surface area contributed by atoms with Crippen LogP contribution in [0.1, 0.15) is 41.2 Å². The molecule has 0 radical (unpaired) electrons. The number of nitrogen functional groups attached to an aromatic ring is 1. The summed E-state index contributed by atoms with van der Waals surface area (Å²) < 4.78 is 0. The van der Waals surface area contributed by atoms with Gasteiger partial charge in [0.1, 0.15) is 5.82 Å². The molecular weight excluding hydrogens is 328 g/mol. The number of anilines is 3. The highest BCUT2D eigenvalue weighted by atomic mass is 16.1. The van der Waals surface area contributed by atoms with Gasteiger partial charge in [0.25, 0.3) is 5.91 Å². The fourth-order valence-corrected chi connectivity index (χ4v) is 2.66. The largest absolute Gasteiger partial charge is 0.399 e. The Morgan fingerprint density at radius 1 is 1.27 bits per heavy atom. The van der Waals surface area contributed by atoms with E-state index in [0.29, 0.717) is 28.9 Å². The summed E-state index contributed by atoms with van der Waals surface area (Å²) in [6.45, 7) is 1.78. The van der Waals surface area contributed by atoms with Crippen LogP contribution >= 0.6 is 0 Å². The van der Waals surface area contributed by atoms with Crippen molar-refractivity contribution in [1.82, 2.24) is 14.9 Å². The van der Waals surface area contributed by atoms with Crippen LogP contribution in [0.3, 0.4) is 0 Å². The van der Waals surface area contributed by atoms with E-state index in [2.05, 4.69) is 25.5 Å². The van der Waals surface area contributed by atoms with Crippen LogP contribution in [0.4, 0.5) is 17.5 Å². The van der Waals surface area contributed by atoms with Crippen molar-refractivity contribution < 1.29 is 4.79 Å². The molecule has 138 valence electrons. The van der Waals surface area contributed by atoms with Crippen molar-refractivity contribution in [3.8, 4) is 0 Å². The Morgan fingerprint density at radius 3 is 2.77 bits per heavy atom. The summed E-state index contributed by atoms with van der Waals surface area (Å²) in [5.74, 6) is 1.33. The third-order valence-electron chi connectivity index (χ3n) is 4.20. The molecule has 1 amide bonds. The van der Waals surface area contributed by atoms with Crippen molar-refractivity contribution in [1.29, 1.82) is 0 Å². The molecule has 1 aliphatic rings. The van der Waals surface area contributed by atoms with E-state index in [1.807, 2.05) is 20.2 Å². The second-order valence-electron chi connectivity index (χ2n) is 6.94. The van der Waals surface area contributed by atoms with E-state index in [4.69, 9.17) is 5.73 Å². The van der Waals surface area contributed by atoms with Crippen LogP contribution in [-0.4, -0.2) is 48.0 Å². The SMILES string of the molecule is CN(C)CCCNc1nc(NC(=O)c2cccc(N)c2)cc(C2CC2)n1. The molecule has 1 aliphatic carbocycles. The van der Waals surface area contributed by atoms with E-state index in [1.165, 1.54) is 0 Å². The van der Waals surface area contributed by atoms with Crippen LogP contribution in [0.2, 0.25) is 0 Å². The fraction of sp³-hybridized carbons (Fsp3) is 0.421. The minimum Gasteiger partial charge on any atom is -0.399 e. The second-order valence-corrected chi connectivity index (χ2v) is 6.94. The molecule has 1 heterocycles. The molecule has 26 heavy (non-hydrogen) atoms. The van der Waals surface area contributed by atoms with Crippen molar-refractivity contribution in [2.45, 2.75) is 25.2 Å². The molecule has 1 aromatic heterocycles. The number of nitrogens with zero attached hydrogens (tertiary/aromatic N) is 3. The Hall–Kier alpha value is -2.67. The normalized spacial score (nSPS) is 13.7. The van der Waals surface area contributed by atoms with Gasteiger partial charge in [-0.2, -0.15) is 4.98 Å². The van der Waals surface area contributed by atoms with Gasteiger partial charge >= 0.3 is 0 Å². The second kappa shape index (κ2) is 8.14. The first-order valence-electron chi connectivity index (χ1n) is 8.96. The average Bonchev–Trinajstić information content (AvgIpc) is 3.43. The number of carbonyl (C=O) groups is 1. The van der Waals surface area contributed by atoms with E-state index in [-0.39, 0.29) is 5.91 Å². The number of hydrogen-bond donors (Lipinski definition) is 3. The van der Waals surface area contributed by atoms with Crippen LogP contribution in [0.5, 0.6) is 0 Å². The van der Waals surface area contributed by atoms with E-state index in [1.54, 1.807) is 24.3 Å². The predicted octanol–water partition coefficient (Wildman–Crippen LogP) is 2.55. The molecule has 7 heteroatoms. The molecule has 4 N–H and O–H groups in total. The van der Waals surface area contributed by atoms with Gasteiger partial charge in [-0.15, -0.1) is 0 Å². The number of hydrogen-bond acceptors (Lipinski definition) is 6. The highest BCUT2D eigenvalue weighted by molar-refractivity contribution is 6.04. The van der Waals surface area contributed by atoms with Gasteiger partial charge in [0.15, 0.2) is 0 Å². The minimum absolute atomic E-state index is 0.226.